The van der Waals surface area contributed by atoms with Crippen molar-refractivity contribution in [3.05, 3.63) is 29.3 Å². The summed E-state index contributed by atoms with van der Waals surface area (Å²) in [7, 11) is 0. The van der Waals surface area contributed by atoms with Gasteiger partial charge >= 0.3 is 0 Å². The number of carbonyl (C=O) groups excluding carboxylic acids is 1. The Hall–Kier alpha value is -1.35. The van der Waals surface area contributed by atoms with Gasteiger partial charge in [-0.3, -0.25) is 4.79 Å². The zero-order valence-electron chi connectivity index (χ0n) is 9.84. The quantitative estimate of drug-likeness (QED) is 0.813. The third kappa shape index (κ3) is 2.83. The number of anilines is 1. The van der Waals surface area contributed by atoms with Gasteiger partial charge < -0.3 is 10.6 Å². The summed E-state index contributed by atoms with van der Waals surface area (Å²) in [4.78, 5) is 11.7. The lowest BCUT2D eigenvalue weighted by molar-refractivity contribution is -0.117. The van der Waals surface area contributed by atoms with Crippen LogP contribution in [0.3, 0.4) is 0 Å². The lowest BCUT2D eigenvalue weighted by Crippen LogP contribution is -2.43. The molecule has 1 fully saturated rings. The predicted octanol–water partition coefficient (Wildman–Crippen LogP) is 1.85. The van der Waals surface area contributed by atoms with E-state index in [-0.39, 0.29) is 5.91 Å². The molecule has 1 aliphatic rings. The Bertz CT molecular complexity index is 377. The first kappa shape index (κ1) is 11.1. The molecule has 2 N–H and O–H groups in total. The van der Waals surface area contributed by atoms with E-state index in [0.717, 1.165) is 18.8 Å². The molecule has 2 rings (SSSR count). The monoisotopic (exact) mass is 218 g/mol. The summed E-state index contributed by atoms with van der Waals surface area (Å²) in [5.41, 5.74) is 3.27. The molecule has 0 aromatic heterocycles. The fraction of sp³-hybridized carbons (Fsp3) is 0.462. The molecule has 1 aliphatic heterocycles. The average molecular weight is 218 g/mol. The predicted molar refractivity (Wildman–Crippen MR) is 65.5 cm³/mol. The maximum Gasteiger partial charge on any atom is 0.224 e. The van der Waals surface area contributed by atoms with Gasteiger partial charge in [0, 0.05) is 12.1 Å². The Labute approximate surface area is 96.2 Å². The number of benzene rings is 1. The van der Waals surface area contributed by atoms with Crippen LogP contribution in [0.5, 0.6) is 0 Å². The van der Waals surface area contributed by atoms with E-state index in [0.29, 0.717) is 12.3 Å². The summed E-state index contributed by atoms with van der Waals surface area (Å²) >= 11 is 0. The molecule has 0 unspecified atom stereocenters. The molecule has 3 nitrogen and oxygen atoms in total. The Kier molecular flexibility index (Phi) is 3.25. The number of hydrogen-bond acceptors (Lipinski definition) is 2. The van der Waals surface area contributed by atoms with Gasteiger partial charge in [-0.25, -0.2) is 0 Å². The number of hydrogen-bond donors (Lipinski definition) is 2. The van der Waals surface area contributed by atoms with Gasteiger partial charge in [-0.1, -0.05) is 6.07 Å². The van der Waals surface area contributed by atoms with Gasteiger partial charge in [-0.05, 0) is 56.1 Å². The second-order valence-corrected chi connectivity index (χ2v) is 4.65. The molecule has 0 saturated carbocycles. The largest absolute Gasteiger partial charge is 0.326 e. The first-order chi connectivity index (χ1) is 7.63. The van der Waals surface area contributed by atoms with Crippen molar-refractivity contribution in [2.24, 2.45) is 5.92 Å². The molecule has 3 heteroatoms. The molecule has 16 heavy (non-hydrogen) atoms. The minimum Gasteiger partial charge on any atom is -0.326 e. The lowest BCUT2D eigenvalue weighted by Gasteiger charge is -2.26. The van der Waals surface area contributed by atoms with Gasteiger partial charge in [0.05, 0.1) is 0 Å². The van der Waals surface area contributed by atoms with Crippen LogP contribution in [0.15, 0.2) is 18.2 Å². The third-order valence-corrected chi connectivity index (χ3v) is 2.85. The van der Waals surface area contributed by atoms with Crippen LogP contribution in [0, 0.1) is 19.8 Å². The number of carbonyl (C=O) groups is 1. The van der Waals surface area contributed by atoms with Crippen LogP contribution in [0.2, 0.25) is 0 Å². The average Bonchev–Trinajstić information content (AvgIpc) is 2.09. The van der Waals surface area contributed by atoms with Crippen molar-refractivity contribution in [3.8, 4) is 0 Å². The summed E-state index contributed by atoms with van der Waals surface area (Å²) in [6.07, 6.45) is 0.625. The minimum atomic E-state index is 0.122. The molecular formula is C13H18N2O. The van der Waals surface area contributed by atoms with Gasteiger partial charge in [0.15, 0.2) is 0 Å². The second-order valence-electron chi connectivity index (χ2n) is 4.65. The SMILES string of the molecule is Cc1cc(C)cc(NC(=O)CC2CNC2)c1. The van der Waals surface area contributed by atoms with Crippen LogP contribution < -0.4 is 10.6 Å². The molecular weight excluding hydrogens is 200 g/mol. The molecule has 1 aromatic carbocycles. The van der Waals surface area contributed by atoms with E-state index in [1.807, 2.05) is 26.0 Å². The lowest BCUT2D eigenvalue weighted by atomic mass is 9.99. The maximum absolute atomic E-state index is 11.7. The van der Waals surface area contributed by atoms with E-state index in [9.17, 15) is 4.79 Å². The molecule has 1 amide bonds. The van der Waals surface area contributed by atoms with E-state index in [4.69, 9.17) is 0 Å². The van der Waals surface area contributed by atoms with Gasteiger partial charge in [0.1, 0.15) is 0 Å². The van der Waals surface area contributed by atoms with Crippen molar-refractivity contribution in [1.29, 1.82) is 0 Å². The van der Waals surface area contributed by atoms with Crippen LogP contribution in [0.4, 0.5) is 5.69 Å². The third-order valence-electron chi connectivity index (χ3n) is 2.85. The van der Waals surface area contributed by atoms with Crippen LogP contribution in [-0.2, 0) is 4.79 Å². The van der Waals surface area contributed by atoms with Gasteiger partial charge in [0.25, 0.3) is 0 Å². The topological polar surface area (TPSA) is 41.1 Å². The van der Waals surface area contributed by atoms with Crippen molar-refractivity contribution in [1.82, 2.24) is 5.32 Å². The molecule has 0 spiro atoms. The highest BCUT2D eigenvalue weighted by atomic mass is 16.1. The van der Waals surface area contributed by atoms with Gasteiger partial charge in [-0.2, -0.15) is 0 Å². The Morgan fingerprint density at radius 2 is 1.94 bits per heavy atom. The molecule has 0 bridgehead atoms. The number of rotatable bonds is 3. The number of nitrogens with one attached hydrogen (secondary N) is 2. The Balaban J connectivity index is 1.94. The number of amides is 1. The highest BCUT2D eigenvalue weighted by Crippen LogP contribution is 2.15. The molecule has 0 atom stereocenters. The zero-order valence-corrected chi connectivity index (χ0v) is 9.84. The van der Waals surface area contributed by atoms with E-state index in [1.165, 1.54) is 11.1 Å². The molecule has 0 radical (unpaired) electrons. The van der Waals surface area contributed by atoms with E-state index in [2.05, 4.69) is 16.7 Å². The van der Waals surface area contributed by atoms with Crippen LogP contribution >= 0.6 is 0 Å². The number of aryl methyl sites for hydroxylation is 2. The van der Waals surface area contributed by atoms with E-state index in [1.54, 1.807) is 0 Å². The molecule has 0 aliphatic carbocycles. The normalized spacial score (nSPS) is 15.6. The summed E-state index contributed by atoms with van der Waals surface area (Å²) in [5, 5.41) is 6.12. The van der Waals surface area contributed by atoms with Crippen LogP contribution in [-0.4, -0.2) is 19.0 Å². The van der Waals surface area contributed by atoms with Crippen LogP contribution in [0.1, 0.15) is 17.5 Å². The highest BCUT2D eigenvalue weighted by molar-refractivity contribution is 5.91. The van der Waals surface area contributed by atoms with Crippen molar-refractivity contribution in [2.75, 3.05) is 18.4 Å². The standard InChI is InChI=1S/C13H18N2O/c1-9-3-10(2)5-12(4-9)15-13(16)6-11-7-14-8-11/h3-5,11,14H,6-8H2,1-2H3,(H,15,16). The Morgan fingerprint density at radius 3 is 2.44 bits per heavy atom. The Morgan fingerprint density at radius 1 is 1.31 bits per heavy atom. The first-order valence-corrected chi connectivity index (χ1v) is 5.72. The summed E-state index contributed by atoms with van der Waals surface area (Å²) in [6, 6.07) is 6.11. The van der Waals surface area contributed by atoms with Crippen molar-refractivity contribution < 1.29 is 4.79 Å². The van der Waals surface area contributed by atoms with E-state index >= 15 is 0 Å². The van der Waals surface area contributed by atoms with Gasteiger partial charge in [0.2, 0.25) is 5.91 Å². The van der Waals surface area contributed by atoms with Gasteiger partial charge in [-0.15, -0.1) is 0 Å². The fourth-order valence-electron chi connectivity index (χ4n) is 2.01. The molecule has 1 heterocycles. The second kappa shape index (κ2) is 4.66. The first-order valence-electron chi connectivity index (χ1n) is 5.72. The van der Waals surface area contributed by atoms with Crippen molar-refractivity contribution in [2.45, 2.75) is 20.3 Å². The summed E-state index contributed by atoms with van der Waals surface area (Å²) in [6.45, 7) is 6.03. The van der Waals surface area contributed by atoms with Crippen molar-refractivity contribution in [3.63, 3.8) is 0 Å². The molecule has 86 valence electrons. The summed E-state index contributed by atoms with van der Waals surface area (Å²) < 4.78 is 0. The highest BCUT2D eigenvalue weighted by Gasteiger charge is 2.19. The van der Waals surface area contributed by atoms with Crippen molar-refractivity contribution >= 4 is 11.6 Å². The molecule has 1 saturated heterocycles. The van der Waals surface area contributed by atoms with E-state index < -0.39 is 0 Å². The smallest absolute Gasteiger partial charge is 0.224 e. The molecule has 1 aromatic rings. The maximum atomic E-state index is 11.7. The fourth-order valence-corrected chi connectivity index (χ4v) is 2.01. The van der Waals surface area contributed by atoms with Crippen LogP contribution in [0.25, 0.3) is 0 Å². The minimum absolute atomic E-state index is 0.122. The zero-order chi connectivity index (χ0) is 11.5. The summed E-state index contributed by atoms with van der Waals surface area (Å²) in [5.74, 6) is 0.641.